The second-order valence-electron chi connectivity index (χ2n) is 17.0. The van der Waals surface area contributed by atoms with Crippen LogP contribution in [0.5, 0.6) is 0 Å². The van der Waals surface area contributed by atoms with Gasteiger partial charge >= 0.3 is 12.2 Å². The van der Waals surface area contributed by atoms with Crippen LogP contribution in [0.4, 0.5) is 14.0 Å². The average Bonchev–Trinajstić information content (AvgIpc) is 3.69. The third kappa shape index (κ3) is 5.82. The van der Waals surface area contributed by atoms with Crippen LogP contribution >= 0.6 is 0 Å². The van der Waals surface area contributed by atoms with E-state index in [9.17, 15) is 9.59 Å². The number of carbonyl (C=O) groups is 2. The number of hydrogen-bond donors (Lipinski definition) is 2. The first kappa shape index (κ1) is 32.1. The first-order valence-electron chi connectivity index (χ1n) is 18.1. The van der Waals surface area contributed by atoms with Crippen molar-refractivity contribution in [2.75, 3.05) is 0 Å². The summed E-state index contributed by atoms with van der Waals surface area (Å²) in [5.74, 6) is 8.27. The lowest BCUT2D eigenvalue weighted by Crippen LogP contribution is -2.38. The Morgan fingerprint density at radius 3 is 2.02 bits per heavy atom. The highest BCUT2D eigenvalue weighted by atomic mass is 19.1. The minimum absolute atomic E-state index is 0.112. The molecule has 2 saturated carbocycles. The minimum Gasteiger partial charge on any atom is -0.444 e. The first-order valence-corrected chi connectivity index (χ1v) is 18.1. The van der Waals surface area contributed by atoms with Gasteiger partial charge in [0.05, 0.1) is 23.3 Å². The van der Waals surface area contributed by atoms with Gasteiger partial charge in [0, 0.05) is 34.5 Å². The molecule has 5 aliphatic rings. The summed E-state index contributed by atoms with van der Waals surface area (Å²) in [6.45, 7) is 11.3. The molecule has 51 heavy (non-hydrogen) atoms. The van der Waals surface area contributed by atoms with Gasteiger partial charge in [0.1, 0.15) is 28.4 Å². The van der Waals surface area contributed by atoms with Crippen LogP contribution in [-0.2, 0) is 22.3 Å². The normalized spacial score (nSPS) is 25.8. The van der Waals surface area contributed by atoms with E-state index in [1.54, 1.807) is 4.90 Å². The number of nitrogens with one attached hydrogen (secondary N) is 2. The lowest BCUT2D eigenvalue weighted by molar-refractivity contribution is 0.0164. The maximum Gasteiger partial charge on any atom is 0.411 e. The van der Waals surface area contributed by atoms with Crippen LogP contribution in [0, 0.1) is 29.5 Å². The fraction of sp³-hybridized carbons (Fsp3) is 0.500. The number of aromatic nitrogens is 4. The molecule has 2 N–H and O–H groups in total. The number of nitrogens with zero attached hydrogens (tertiary/aromatic N) is 4. The number of hydrogen-bond acceptors (Lipinski definition) is 6. The number of ether oxygens (including phenoxy) is 2. The van der Waals surface area contributed by atoms with Crippen molar-refractivity contribution >= 4 is 23.2 Å². The summed E-state index contributed by atoms with van der Waals surface area (Å²) in [5, 5.41) is 0. The number of likely N-dealkylation sites (tertiary alicyclic amines) is 2. The zero-order valence-electron chi connectivity index (χ0n) is 29.9. The molecule has 9 rings (SSSR count). The topological polar surface area (TPSA) is 116 Å². The zero-order chi connectivity index (χ0) is 35.6. The number of aryl methyl sites for hydroxylation is 2. The van der Waals surface area contributed by atoms with Crippen LogP contribution < -0.4 is 0 Å². The quantitative estimate of drug-likeness (QED) is 0.208. The predicted molar refractivity (Wildman–Crippen MR) is 188 cm³/mol. The number of aromatic amines is 2. The molecule has 0 bridgehead atoms. The van der Waals surface area contributed by atoms with Crippen LogP contribution in [0.25, 0.3) is 22.3 Å². The van der Waals surface area contributed by atoms with Gasteiger partial charge in [-0.05, 0) is 122 Å². The van der Waals surface area contributed by atoms with E-state index in [1.807, 2.05) is 58.6 Å². The van der Waals surface area contributed by atoms with E-state index in [1.165, 1.54) is 6.07 Å². The molecule has 0 spiro atoms. The van der Waals surface area contributed by atoms with Crippen LogP contribution in [-0.4, -0.2) is 65.2 Å². The Hall–Kier alpha value is -4.85. The van der Waals surface area contributed by atoms with E-state index in [0.29, 0.717) is 28.7 Å². The standard InChI is InChI=1S/C40H43FN6O4/c1-39(2,3)50-37(48)46-29-16-23(29)18-31(46)35-42-27-12-10-22-13-20(9-11-25(22)33(27)44-35)7-8-21-14-26(41)34-28(15-21)43-36(45-34)32-19-24-17-30(24)47(32)38(49)51-40(4,5)6/h9,11,13-15,23-24,29-32H,10,12,16-19H2,1-6H3,(H,42,44)(H,43,45)/t23-,24?,29-,30?,31+,32+/m1/s1. The number of piperidine rings is 2. The Morgan fingerprint density at radius 1 is 0.784 bits per heavy atom. The number of fused-ring (bicyclic) bond motifs is 6. The molecule has 2 aliphatic heterocycles. The lowest BCUT2D eigenvalue weighted by atomic mass is 9.91. The molecule has 6 atom stereocenters. The van der Waals surface area contributed by atoms with Crippen LogP contribution in [0.1, 0.15) is 113 Å². The predicted octanol–water partition coefficient (Wildman–Crippen LogP) is 7.73. The summed E-state index contributed by atoms with van der Waals surface area (Å²) in [4.78, 5) is 46.4. The largest absolute Gasteiger partial charge is 0.444 e. The fourth-order valence-corrected chi connectivity index (χ4v) is 8.38. The summed E-state index contributed by atoms with van der Waals surface area (Å²) < 4.78 is 26.8. The second-order valence-corrected chi connectivity index (χ2v) is 17.0. The van der Waals surface area contributed by atoms with Gasteiger partial charge < -0.3 is 19.4 Å². The average molecular weight is 691 g/mol. The van der Waals surface area contributed by atoms with E-state index in [2.05, 4.69) is 38.9 Å². The van der Waals surface area contributed by atoms with E-state index >= 15 is 4.39 Å². The molecule has 10 nitrogen and oxygen atoms in total. The number of amides is 2. The maximum absolute atomic E-state index is 15.4. The monoisotopic (exact) mass is 690 g/mol. The molecule has 2 saturated heterocycles. The molecule has 2 aromatic heterocycles. The minimum atomic E-state index is -0.603. The summed E-state index contributed by atoms with van der Waals surface area (Å²) in [7, 11) is 0. The van der Waals surface area contributed by atoms with E-state index in [-0.39, 0.29) is 41.9 Å². The molecule has 2 unspecified atom stereocenters. The van der Waals surface area contributed by atoms with Gasteiger partial charge in [-0.3, -0.25) is 9.80 Å². The van der Waals surface area contributed by atoms with Gasteiger partial charge in [0.15, 0.2) is 5.82 Å². The van der Waals surface area contributed by atoms with Crippen molar-refractivity contribution in [3.05, 3.63) is 70.2 Å². The van der Waals surface area contributed by atoms with Crippen molar-refractivity contribution in [1.29, 1.82) is 0 Å². The summed E-state index contributed by atoms with van der Waals surface area (Å²) >= 11 is 0. The maximum atomic E-state index is 15.4. The van der Waals surface area contributed by atoms with Gasteiger partial charge in [-0.25, -0.2) is 23.9 Å². The SMILES string of the molecule is CC(C)(C)OC(=O)N1C2CC2C[C@H]1c1nc2c(F)cc(C#Cc3ccc4c(c3)CCc3[nH]c([C@@H]5C[C@H]6C[C@H]6N5C(=O)OC(C)(C)C)nc3-4)cc2[nH]1. The number of imidazole rings is 2. The third-order valence-electron chi connectivity index (χ3n) is 10.8. The van der Waals surface area contributed by atoms with Gasteiger partial charge in [-0.2, -0.15) is 0 Å². The highest BCUT2D eigenvalue weighted by Crippen LogP contribution is 2.55. The molecule has 264 valence electrons. The molecule has 0 radical (unpaired) electrons. The highest BCUT2D eigenvalue weighted by Gasteiger charge is 2.57. The smallest absolute Gasteiger partial charge is 0.411 e. The van der Waals surface area contributed by atoms with E-state index in [0.717, 1.165) is 72.4 Å². The van der Waals surface area contributed by atoms with Crippen molar-refractivity contribution in [3.63, 3.8) is 0 Å². The third-order valence-corrected chi connectivity index (χ3v) is 10.8. The van der Waals surface area contributed by atoms with Crippen molar-refractivity contribution < 1.29 is 23.5 Å². The van der Waals surface area contributed by atoms with E-state index < -0.39 is 17.0 Å². The van der Waals surface area contributed by atoms with Crippen molar-refractivity contribution in [1.82, 2.24) is 29.7 Å². The number of benzene rings is 2. The van der Waals surface area contributed by atoms with Crippen molar-refractivity contribution in [2.45, 2.75) is 115 Å². The molecule has 4 fully saturated rings. The fourth-order valence-electron chi connectivity index (χ4n) is 8.38. The van der Waals surface area contributed by atoms with Gasteiger partial charge in [-0.15, -0.1) is 0 Å². The van der Waals surface area contributed by atoms with Crippen molar-refractivity contribution in [3.8, 4) is 23.1 Å². The van der Waals surface area contributed by atoms with Crippen LogP contribution in [0.15, 0.2) is 30.3 Å². The molecule has 2 amide bonds. The Labute approximate surface area is 296 Å². The molecule has 4 aromatic rings. The summed E-state index contributed by atoms with van der Waals surface area (Å²) in [6, 6.07) is 9.36. The van der Waals surface area contributed by atoms with E-state index in [4.69, 9.17) is 14.5 Å². The second kappa shape index (κ2) is 11.1. The molecule has 3 aliphatic carbocycles. The van der Waals surface area contributed by atoms with Crippen LogP contribution in [0.3, 0.4) is 0 Å². The Morgan fingerprint density at radius 2 is 1.39 bits per heavy atom. The molecular weight excluding hydrogens is 647 g/mol. The summed E-state index contributed by atoms with van der Waals surface area (Å²) in [5.41, 5.74) is 5.27. The Bertz CT molecular complexity index is 2180. The zero-order valence-corrected chi connectivity index (χ0v) is 29.9. The highest BCUT2D eigenvalue weighted by molar-refractivity contribution is 5.79. The molecular formula is C40H43FN6O4. The summed E-state index contributed by atoms with van der Waals surface area (Å²) in [6.07, 6.45) is 4.71. The first-order chi connectivity index (χ1) is 24.2. The lowest BCUT2D eigenvalue weighted by Gasteiger charge is -2.29. The number of H-pyrrole nitrogens is 2. The Balaban J connectivity index is 0.941. The number of rotatable bonds is 2. The number of halogens is 1. The number of carbonyl (C=O) groups excluding carboxylic acids is 2. The van der Waals surface area contributed by atoms with Crippen LogP contribution in [0.2, 0.25) is 0 Å². The van der Waals surface area contributed by atoms with Crippen molar-refractivity contribution in [2.24, 2.45) is 11.8 Å². The molecule has 4 heterocycles. The van der Waals surface area contributed by atoms with Gasteiger partial charge in [0.2, 0.25) is 0 Å². The Kier molecular flexibility index (Phi) is 6.97. The van der Waals surface area contributed by atoms with Gasteiger partial charge in [0.25, 0.3) is 0 Å². The molecule has 2 aromatic carbocycles. The van der Waals surface area contributed by atoms with Gasteiger partial charge in [-0.1, -0.05) is 17.9 Å². The molecule has 11 heteroatoms.